The molecule has 0 radical (unpaired) electrons. The fraction of sp³-hybridized carbons (Fsp3) is 0.444. The quantitative estimate of drug-likeness (QED) is 0.447. The maximum Gasteiger partial charge on any atom is 0.0357 e. The Labute approximate surface area is 63.0 Å². The van der Waals surface area contributed by atoms with Crippen LogP contribution in [0.4, 0.5) is 0 Å². The van der Waals surface area contributed by atoms with Crippen LogP contribution in [0.1, 0.15) is 27.7 Å². The molecule has 0 bridgehead atoms. The lowest BCUT2D eigenvalue weighted by Crippen LogP contribution is -1.98. The minimum Gasteiger partial charge on any atom is -0.305 e. The van der Waals surface area contributed by atoms with Gasteiger partial charge in [-0.15, -0.1) is 0 Å². The number of rotatable bonds is 2. The van der Waals surface area contributed by atoms with Gasteiger partial charge in [-0.05, 0) is 38.8 Å². The highest BCUT2D eigenvalue weighted by molar-refractivity contribution is 6.00. The van der Waals surface area contributed by atoms with Crippen LogP contribution in [-0.4, -0.2) is 5.71 Å². The maximum atomic E-state index is 7.39. The highest BCUT2D eigenvalue weighted by Crippen LogP contribution is 2.12. The molecule has 0 aliphatic heterocycles. The molecule has 0 fully saturated rings. The summed E-state index contributed by atoms with van der Waals surface area (Å²) in [5, 5.41) is 7.39. The molecule has 1 N–H and O–H groups in total. The lowest BCUT2D eigenvalue weighted by Gasteiger charge is -2.06. The molecule has 0 rings (SSSR count). The fourth-order valence-electron chi connectivity index (χ4n) is 1.12. The zero-order chi connectivity index (χ0) is 8.31. The van der Waals surface area contributed by atoms with Crippen LogP contribution in [0.5, 0.6) is 0 Å². The topological polar surface area (TPSA) is 23.9 Å². The minimum atomic E-state index is 0.604. The van der Waals surface area contributed by atoms with Gasteiger partial charge in [0.05, 0.1) is 0 Å². The summed E-state index contributed by atoms with van der Waals surface area (Å²) in [6, 6.07) is 0. The average Bonchev–Trinajstić information content (AvgIpc) is 1.59. The highest BCUT2D eigenvalue weighted by Gasteiger charge is 2.01. The Morgan fingerprint density at radius 1 is 1.10 bits per heavy atom. The van der Waals surface area contributed by atoms with E-state index < -0.39 is 0 Å². The van der Waals surface area contributed by atoms with Crippen LogP contribution >= 0.6 is 0 Å². The predicted octanol–water partition coefficient (Wildman–Crippen LogP) is 2.94. The summed E-state index contributed by atoms with van der Waals surface area (Å²) in [6.45, 7) is 11.5. The predicted molar refractivity (Wildman–Crippen MR) is 46.6 cm³/mol. The van der Waals surface area contributed by atoms with Gasteiger partial charge in [-0.25, -0.2) is 0 Å². The lowest BCUT2D eigenvalue weighted by molar-refractivity contribution is 1.28. The van der Waals surface area contributed by atoms with E-state index in [-0.39, 0.29) is 0 Å². The molecular formula is C9H15N. The monoisotopic (exact) mass is 137 g/mol. The molecule has 0 saturated heterocycles. The first-order chi connectivity index (χ1) is 4.46. The zero-order valence-electron chi connectivity index (χ0n) is 7.21. The average molecular weight is 137 g/mol. The van der Waals surface area contributed by atoms with Gasteiger partial charge in [0.1, 0.15) is 0 Å². The fourth-order valence-corrected chi connectivity index (χ4v) is 1.12. The number of nitrogens with one attached hydrogen (secondary N) is 1. The van der Waals surface area contributed by atoms with E-state index in [2.05, 4.69) is 6.58 Å². The minimum absolute atomic E-state index is 0.604. The standard InChI is InChI=1S/C9H15N/c1-6(2)9(7(3)4)8(5)10/h10H,1H2,2-5H3. The summed E-state index contributed by atoms with van der Waals surface area (Å²) >= 11 is 0. The highest BCUT2D eigenvalue weighted by atomic mass is 14.4. The van der Waals surface area contributed by atoms with Crippen LogP contribution in [0.3, 0.4) is 0 Å². The number of hydrogen-bond donors (Lipinski definition) is 1. The maximum absolute atomic E-state index is 7.39. The molecule has 0 aromatic heterocycles. The zero-order valence-corrected chi connectivity index (χ0v) is 7.21. The first-order valence-corrected chi connectivity index (χ1v) is 3.35. The first kappa shape index (κ1) is 9.15. The van der Waals surface area contributed by atoms with E-state index in [4.69, 9.17) is 5.41 Å². The SMILES string of the molecule is C=C(C)C(C(C)=N)=C(C)C. The second kappa shape index (κ2) is 3.35. The molecule has 1 nitrogen and oxygen atoms in total. The van der Waals surface area contributed by atoms with E-state index in [0.29, 0.717) is 5.71 Å². The van der Waals surface area contributed by atoms with Gasteiger partial charge >= 0.3 is 0 Å². The number of hydrogen-bond acceptors (Lipinski definition) is 1. The lowest BCUT2D eigenvalue weighted by atomic mass is 10.0. The van der Waals surface area contributed by atoms with Gasteiger partial charge in [0.15, 0.2) is 0 Å². The molecule has 0 aliphatic carbocycles. The summed E-state index contributed by atoms with van der Waals surface area (Å²) < 4.78 is 0. The summed E-state index contributed by atoms with van der Waals surface area (Å²) in [5.74, 6) is 0. The Balaban J connectivity index is 4.79. The molecule has 0 amide bonds. The van der Waals surface area contributed by atoms with Crippen molar-refractivity contribution in [2.45, 2.75) is 27.7 Å². The molecule has 0 aromatic carbocycles. The summed E-state index contributed by atoms with van der Waals surface area (Å²) in [4.78, 5) is 0. The van der Waals surface area contributed by atoms with Crippen molar-refractivity contribution in [1.29, 1.82) is 5.41 Å². The van der Waals surface area contributed by atoms with E-state index in [1.807, 2.05) is 20.8 Å². The third kappa shape index (κ3) is 2.18. The van der Waals surface area contributed by atoms with Gasteiger partial charge in [-0.1, -0.05) is 12.2 Å². The van der Waals surface area contributed by atoms with Crippen LogP contribution in [0, 0.1) is 5.41 Å². The molecule has 56 valence electrons. The molecule has 0 aliphatic rings. The number of allylic oxidation sites excluding steroid dienone is 3. The van der Waals surface area contributed by atoms with Gasteiger partial charge in [0.2, 0.25) is 0 Å². The Morgan fingerprint density at radius 2 is 1.50 bits per heavy atom. The van der Waals surface area contributed by atoms with Crippen LogP contribution in [-0.2, 0) is 0 Å². The normalized spacial score (nSPS) is 8.80. The third-order valence-electron chi connectivity index (χ3n) is 1.30. The van der Waals surface area contributed by atoms with Crippen molar-refractivity contribution >= 4 is 5.71 Å². The van der Waals surface area contributed by atoms with Crippen molar-refractivity contribution in [3.8, 4) is 0 Å². The van der Waals surface area contributed by atoms with Gasteiger partial charge in [-0.2, -0.15) is 0 Å². The van der Waals surface area contributed by atoms with Crippen molar-refractivity contribution in [3.63, 3.8) is 0 Å². The van der Waals surface area contributed by atoms with Crippen molar-refractivity contribution in [2.24, 2.45) is 0 Å². The van der Waals surface area contributed by atoms with Crippen LogP contribution in [0.2, 0.25) is 0 Å². The third-order valence-corrected chi connectivity index (χ3v) is 1.30. The Morgan fingerprint density at radius 3 is 1.50 bits per heavy atom. The molecule has 0 atom stereocenters. The van der Waals surface area contributed by atoms with Gasteiger partial charge in [-0.3, -0.25) is 0 Å². The summed E-state index contributed by atoms with van der Waals surface area (Å²) in [7, 11) is 0. The Bertz CT molecular complexity index is 177. The van der Waals surface area contributed by atoms with E-state index in [0.717, 1.165) is 11.1 Å². The van der Waals surface area contributed by atoms with Crippen molar-refractivity contribution in [1.82, 2.24) is 0 Å². The van der Waals surface area contributed by atoms with Crippen molar-refractivity contribution in [3.05, 3.63) is 23.3 Å². The molecule has 1 heteroatoms. The van der Waals surface area contributed by atoms with Crippen LogP contribution in [0.25, 0.3) is 0 Å². The second-order valence-electron chi connectivity index (χ2n) is 2.78. The Hall–Kier alpha value is -0.850. The molecule has 0 saturated carbocycles. The largest absolute Gasteiger partial charge is 0.305 e. The van der Waals surface area contributed by atoms with Crippen LogP contribution < -0.4 is 0 Å². The molecule has 0 aromatic rings. The molecule has 0 unspecified atom stereocenters. The van der Waals surface area contributed by atoms with E-state index in [9.17, 15) is 0 Å². The van der Waals surface area contributed by atoms with E-state index in [1.165, 1.54) is 5.57 Å². The van der Waals surface area contributed by atoms with Gasteiger partial charge in [0, 0.05) is 5.71 Å². The summed E-state index contributed by atoms with van der Waals surface area (Å²) in [5.41, 5.74) is 3.75. The Kier molecular flexibility index (Phi) is 3.07. The molecular weight excluding hydrogens is 122 g/mol. The van der Waals surface area contributed by atoms with E-state index >= 15 is 0 Å². The molecule has 10 heavy (non-hydrogen) atoms. The van der Waals surface area contributed by atoms with E-state index in [1.54, 1.807) is 6.92 Å². The van der Waals surface area contributed by atoms with Crippen molar-refractivity contribution < 1.29 is 0 Å². The second-order valence-corrected chi connectivity index (χ2v) is 2.78. The van der Waals surface area contributed by atoms with Crippen molar-refractivity contribution in [2.75, 3.05) is 0 Å². The van der Waals surface area contributed by atoms with Crippen LogP contribution in [0.15, 0.2) is 23.3 Å². The molecule has 0 spiro atoms. The smallest absolute Gasteiger partial charge is 0.0357 e. The first-order valence-electron chi connectivity index (χ1n) is 3.35. The van der Waals surface area contributed by atoms with Gasteiger partial charge < -0.3 is 5.41 Å². The summed E-state index contributed by atoms with van der Waals surface area (Å²) in [6.07, 6.45) is 0. The molecule has 0 heterocycles. The van der Waals surface area contributed by atoms with Gasteiger partial charge in [0.25, 0.3) is 0 Å².